The molecular formula is C25H33N7O4S2. The lowest BCUT2D eigenvalue weighted by Gasteiger charge is -2.34. The average molecular weight is 560 g/mol. The maximum atomic E-state index is 12.7. The Balaban J connectivity index is 1.18. The number of nitrogens with zero attached hydrogens (tertiary/aromatic N) is 5. The minimum atomic E-state index is -0.328. The van der Waals surface area contributed by atoms with Crippen molar-refractivity contribution in [2.24, 2.45) is 0 Å². The Kier molecular flexibility index (Phi) is 8.12. The Labute approximate surface area is 229 Å². The van der Waals surface area contributed by atoms with Crippen LogP contribution in [0.1, 0.15) is 31.7 Å². The lowest BCUT2D eigenvalue weighted by atomic mass is 10.1. The van der Waals surface area contributed by atoms with Gasteiger partial charge < -0.3 is 30.1 Å². The third kappa shape index (κ3) is 5.78. The highest BCUT2D eigenvalue weighted by molar-refractivity contribution is 7.24. The number of hydrogen-bond donors (Lipinski definition) is 2. The molecule has 204 valence electrons. The molecule has 5 rings (SSSR count). The molecule has 2 saturated heterocycles. The molecular weight excluding hydrogens is 526 g/mol. The summed E-state index contributed by atoms with van der Waals surface area (Å²) in [7, 11) is 0. The van der Waals surface area contributed by atoms with Crippen LogP contribution in [0.2, 0.25) is 0 Å². The Hall–Kier alpha value is -3.19. The SMILES string of the molecule is CCOC(=O)N1CCN(C(=O)CNc2nc3c(C)c4nc(NCC(=O)N5CCCCC5)sc4cc3s2)CC1. The molecule has 0 atom stereocenters. The van der Waals surface area contributed by atoms with E-state index in [0.717, 1.165) is 57.1 Å². The summed E-state index contributed by atoms with van der Waals surface area (Å²) in [6.07, 6.45) is 3.03. The second-order valence-electron chi connectivity index (χ2n) is 9.45. The van der Waals surface area contributed by atoms with Crippen LogP contribution in [0.15, 0.2) is 6.07 Å². The molecule has 2 aliphatic rings. The van der Waals surface area contributed by atoms with Crippen molar-refractivity contribution < 1.29 is 19.1 Å². The van der Waals surface area contributed by atoms with Gasteiger partial charge in [-0.2, -0.15) is 0 Å². The van der Waals surface area contributed by atoms with Gasteiger partial charge in [0.2, 0.25) is 11.8 Å². The lowest BCUT2D eigenvalue weighted by molar-refractivity contribution is -0.131. The van der Waals surface area contributed by atoms with E-state index in [9.17, 15) is 14.4 Å². The van der Waals surface area contributed by atoms with E-state index in [1.54, 1.807) is 16.7 Å². The standard InChI is InChI=1S/C25H33N7O4S2/c1-3-36-25(35)32-11-9-31(10-12-32)20(34)15-27-24-29-22-16(2)21-17(13-18(22)38-24)37-23(28-21)26-14-19(33)30-7-5-4-6-8-30/h13H,3-12,14-15H2,1-2H3,(H,26,28)(H,27,29). The fraction of sp³-hybridized carbons (Fsp3) is 0.560. The molecule has 0 spiro atoms. The van der Waals surface area contributed by atoms with Gasteiger partial charge in [0, 0.05) is 44.8 Å². The normalized spacial score (nSPS) is 16.2. The number of nitrogens with one attached hydrogen (secondary N) is 2. The van der Waals surface area contributed by atoms with Crippen LogP contribution in [-0.2, 0) is 14.3 Å². The van der Waals surface area contributed by atoms with Crippen molar-refractivity contribution in [2.75, 3.05) is 69.6 Å². The van der Waals surface area contributed by atoms with Crippen LogP contribution in [0.25, 0.3) is 20.4 Å². The van der Waals surface area contributed by atoms with Gasteiger partial charge in [0.15, 0.2) is 10.3 Å². The number of aryl methyl sites for hydroxylation is 1. The fourth-order valence-corrected chi connectivity index (χ4v) is 6.80. The molecule has 3 aromatic rings. The van der Waals surface area contributed by atoms with Crippen molar-refractivity contribution in [2.45, 2.75) is 33.1 Å². The number of amides is 3. The number of piperazine rings is 1. The van der Waals surface area contributed by atoms with E-state index < -0.39 is 0 Å². The van der Waals surface area contributed by atoms with E-state index in [4.69, 9.17) is 14.7 Å². The highest BCUT2D eigenvalue weighted by atomic mass is 32.1. The van der Waals surface area contributed by atoms with Crippen molar-refractivity contribution >= 4 is 71.3 Å². The number of rotatable bonds is 7. The smallest absolute Gasteiger partial charge is 0.409 e. The van der Waals surface area contributed by atoms with Gasteiger partial charge in [-0.1, -0.05) is 22.7 Å². The van der Waals surface area contributed by atoms with Crippen LogP contribution in [0, 0.1) is 6.92 Å². The number of fused-ring (bicyclic) bond motifs is 2. The molecule has 11 nitrogen and oxygen atoms in total. The van der Waals surface area contributed by atoms with Gasteiger partial charge in [0.1, 0.15) is 0 Å². The Bertz CT molecular complexity index is 1330. The minimum Gasteiger partial charge on any atom is -0.450 e. The summed E-state index contributed by atoms with van der Waals surface area (Å²) < 4.78 is 7.09. The van der Waals surface area contributed by atoms with Crippen molar-refractivity contribution in [1.29, 1.82) is 0 Å². The van der Waals surface area contributed by atoms with E-state index >= 15 is 0 Å². The van der Waals surface area contributed by atoms with Crippen LogP contribution >= 0.6 is 22.7 Å². The number of piperidine rings is 1. The molecule has 2 aromatic heterocycles. The van der Waals surface area contributed by atoms with Crippen molar-refractivity contribution in [1.82, 2.24) is 24.7 Å². The number of likely N-dealkylation sites (tertiary alicyclic amines) is 1. The first-order chi connectivity index (χ1) is 18.4. The summed E-state index contributed by atoms with van der Waals surface area (Å²) >= 11 is 3.04. The summed E-state index contributed by atoms with van der Waals surface area (Å²) in [5, 5.41) is 7.81. The van der Waals surface area contributed by atoms with Gasteiger partial charge in [-0.15, -0.1) is 0 Å². The number of carbonyl (C=O) groups excluding carboxylic acids is 3. The van der Waals surface area contributed by atoms with Crippen molar-refractivity contribution in [3.05, 3.63) is 11.6 Å². The zero-order valence-corrected chi connectivity index (χ0v) is 23.4. The molecule has 4 heterocycles. The molecule has 0 unspecified atom stereocenters. The van der Waals surface area contributed by atoms with Crippen LogP contribution in [-0.4, -0.2) is 102 Å². The first-order valence-electron chi connectivity index (χ1n) is 13.1. The Morgan fingerprint density at radius 3 is 1.84 bits per heavy atom. The predicted octanol–water partition coefficient (Wildman–Crippen LogP) is 3.35. The number of ether oxygens (including phenoxy) is 1. The second-order valence-corrected chi connectivity index (χ2v) is 11.5. The number of thiazole rings is 2. The molecule has 2 N–H and O–H groups in total. The molecule has 0 aliphatic carbocycles. The molecule has 0 bridgehead atoms. The van der Waals surface area contributed by atoms with Crippen molar-refractivity contribution in [3.8, 4) is 0 Å². The molecule has 2 fully saturated rings. The van der Waals surface area contributed by atoms with Crippen molar-refractivity contribution in [3.63, 3.8) is 0 Å². The van der Waals surface area contributed by atoms with Crippen LogP contribution < -0.4 is 10.6 Å². The Morgan fingerprint density at radius 1 is 0.816 bits per heavy atom. The van der Waals surface area contributed by atoms with Crippen LogP contribution in [0.3, 0.4) is 0 Å². The third-order valence-electron chi connectivity index (χ3n) is 6.93. The van der Waals surface area contributed by atoms with Gasteiger partial charge >= 0.3 is 6.09 Å². The zero-order chi connectivity index (χ0) is 26.6. The van der Waals surface area contributed by atoms with E-state index in [2.05, 4.69) is 16.7 Å². The van der Waals surface area contributed by atoms with E-state index in [1.165, 1.54) is 29.1 Å². The number of aromatic nitrogens is 2. The van der Waals surface area contributed by atoms with E-state index in [0.29, 0.717) is 37.9 Å². The van der Waals surface area contributed by atoms with Gasteiger partial charge in [0.05, 0.1) is 40.1 Å². The lowest BCUT2D eigenvalue weighted by Crippen LogP contribution is -2.51. The molecule has 0 saturated carbocycles. The summed E-state index contributed by atoms with van der Waals surface area (Å²) in [4.78, 5) is 51.9. The first-order valence-corrected chi connectivity index (χ1v) is 14.7. The number of hydrogen-bond acceptors (Lipinski definition) is 10. The van der Waals surface area contributed by atoms with Crippen LogP contribution in [0.4, 0.5) is 15.1 Å². The topological polar surface area (TPSA) is 120 Å². The van der Waals surface area contributed by atoms with Gasteiger partial charge in [-0.05, 0) is 39.2 Å². The second kappa shape index (κ2) is 11.7. The fourth-order valence-electron chi connectivity index (χ4n) is 4.80. The molecule has 1 aromatic carbocycles. The highest BCUT2D eigenvalue weighted by Crippen LogP contribution is 2.37. The number of anilines is 2. The molecule has 38 heavy (non-hydrogen) atoms. The number of carbonyl (C=O) groups is 3. The van der Waals surface area contributed by atoms with Crippen LogP contribution in [0.5, 0.6) is 0 Å². The molecule has 13 heteroatoms. The maximum absolute atomic E-state index is 12.7. The monoisotopic (exact) mass is 559 g/mol. The minimum absolute atomic E-state index is 0.0260. The quantitative estimate of drug-likeness (QED) is 0.452. The summed E-state index contributed by atoms with van der Waals surface area (Å²) in [6, 6.07) is 2.08. The molecule has 0 radical (unpaired) electrons. The zero-order valence-electron chi connectivity index (χ0n) is 21.7. The Morgan fingerprint density at radius 2 is 1.32 bits per heavy atom. The highest BCUT2D eigenvalue weighted by Gasteiger charge is 2.25. The summed E-state index contributed by atoms with van der Waals surface area (Å²) in [6.45, 7) is 8.12. The first kappa shape index (κ1) is 26.4. The van der Waals surface area contributed by atoms with Gasteiger partial charge in [0.25, 0.3) is 0 Å². The van der Waals surface area contributed by atoms with Gasteiger partial charge in [-0.25, -0.2) is 14.8 Å². The van der Waals surface area contributed by atoms with E-state index in [1.807, 2.05) is 11.8 Å². The van der Waals surface area contributed by atoms with Gasteiger partial charge in [-0.3, -0.25) is 9.59 Å². The third-order valence-corrected chi connectivity index (χ3v) is 8.85. The van der Waals surface area contributed by atoms with E-state index in [-0.39, 0.29) is 31.0 Å². The summed E-state index contributed by atoms with van der Waals surface area (Å²) in [5.74, 6) is 0.0939. The number of benzene rings is 1. The predicted molar refractivity (Wildman–Crippen MR) is 150 cm³/mol. The molecule has 3 amide bonds. The summed E-state index contributed by atoms with van der Waals surface area (Å²) in [5.41, 5.74) is 2.72. The largest absolute Gasteiger partial charge is 0.450 e. The maximum Gasteiger partial charge on any atom is 0.409 e. The average Bonchev–Trinajstić information content (AvgIpc) is 3.55. The molecule has 2 aliphatic heterocycles.